The number of hydrogen-bond acceptors (Lipinski definition) is 2. The number of benzene rings is 3. The molecule has 0 aromatic heterocycles. The van der Waals surface area contributed by atoms with E-state index in [4.69, 9.17) is 4.74 Å². The summed E-state index contributed by atoms with van der Waals surface area (Å²) in [5, 5.41) is 5.38. The lowest BCUT2D eigenvalue weighted by Crippen LogP contribution is -2.38. The molecule has 0 unspecified atom stereocenters. The standard InChI is InChI=1S/C24H27NO2/c1-5-23(21-11-10-16(2)17(3)14-21)25-24(26)18(4)27-22-13-12-19-8-6-7-9-20(19)15-22/h6-15,18,23H,5H2,1-4H3,(H,25,26)/t18-,23-/m1/s1. The Morgan fingerprint density at radius 2 is 1.70 bits per heavy atom. The molecule has 0 bridgehead atoms. The van der Waals surface area contributed by atoms with Gasteiger partial charge in [-0.05, 0) is 66.8 Å². The minimum Gasteiger partial charge on any atom is -0.481 e. The van der Waals surface area contributed by atoms with Gasteiger partial charge in [0.15, 0.2) is 6.10 Å². The van der Waals surface area contributed by atoms with E-state index in [2.05, 4.69) is 50.4 Å². The zero-order valence-corrected chi connectivity index (χ0v) is 16.5. The molecule has 0 spiro atoms. The number of aryl methyl sites for hydroxylation is 2. The number of ether oxygens (including phenoxy) is 1. The third-order valence-corrected chi connectivity index (χ3v) is 5.06. The fourth-order valence-corrected chi connectivity index (χ4v) is 3.19. The van der Waals surface area contributed by atoms with Gasteiger partial charge in [0.1, 0.15) is 5.75 Å². The summed E-state index contributed by atoms with van der Waals surface area (Å²) < 4.78 is 5.90. The maximum Gasteiger partial charge on any atom is 0.261 e. The number of amides is 1. The van der Waals surface area contributed by atoms with Crippen molar-refractivity contribution >= 4 is 16.7 Å². The van der Waals surface area contributed by atoms with Gasteiger partial charge < -0.3 is 10.1 Å². The van der Waals surface area contributed by atoms with Gasteiger partial charge in [-0.2, -0.15) is 0 Å². The maximum absolute atomic E-state index is 12.7. The molecule has 1 N–H and O–H groups in total. The van der Waals surface area contributed by atoms with Crippen LogP contribution >= 0.6 is 0 Å². The van der Waals surface area contributed by atoms with E-state index < -0.39 is 6.10 Å². The summed E-state index contributed by atoms with van der Waals surface area (Å²) in [7, 11) is 0. The molecular weight excluding hydrogens is 334 g/mol. The van der Waals surface area contributed by atoms with Crippen molar-refractivity contribution in [1.29, 1.82) is 0 Å². The van der Waals surface area contributed by atoms with Crippen molar-refractivity contribution in [2.75, 3.05) is 0 Å². The first-order chi connectivity index (χ1) is 13.0. The maximum atomic E-state index is 12.7. The average Bonchev–Trinajstić information content (AvgIpc) is 2.68. The summed E-state index contributed by atoms with van der Waals surface area (Å²) in [5.41, 5.74) is 3.63. The molecule has 0 heterocycles. The van der Waals surface area contributed by atoms with E-state index in [1.807, 2.05) is 36.4 Å². The van der Waals surface area contributed by atoms with E-state index in [-0.39, 0.29) is 11.9 Å². The van der Waals surface area contributed by atoms with Gasteiger partial charge in [-0.3, -0.25) is 4.79 Å². The third kappa shape index (κ3) is 4.48. The number of nitrogens with one attached hydrogen (secondary N) is 1. The summed E-state index contributed by atoms with van der Waals surface area (Å²) in [4.78, 5) is 12.7. The molecule has 2 atom stereocenters. The normalized spacial score (nSPS) is 13.2. The lowest BCUT2D eigenvalue weighted by molar-refractivity contribution is -0.128. The van der Waals surface area contributed by atoms with E-state index in [0.717, 1.165) is 22.8 Å². The van der Waals surface area contributed by atoms with Crippen molar-refractivity contribution in [3.05, 3.63) is 77.4 Å². The van der Waals surface area contributed by atoms with E-state index >= 15 is 0 Å². The zero-order valence-electron chi connectivity index (χ0n) is 16.5. The van der Waals surface area contributed by atoms with Gasteiger partial charge in [-0.15, -0.1) is 0 Å². The largest absolute Gasteiger partial charge is 0.481 e. The Labute approximate surface area is 161 Å². The highest BCUT2D eigenvalue weighted by atomic mass is 16.5. The number of hydrogen-bond donors (Lipinski definition) is 1. The van der Waals surface area contributed by atoms with Crippen molar-refractivity contribution in [2.45, 2.75) is 46.3 Å². The lowest BCUT2D eigenvalue weighted by Gasteiger charge is -2.22. The van der Waals surface area contributed by atoms with Crippen LogP contribution in [-0.2, 0) is 4.79 Å². The van der Waals surface area contributed by atoms with Crippen molar-refractivity contribution < 1.29 is 9.53 Å². The minimum absolute atomic E-state index is 0.0144. The van der Waals surface area contributed by atoms with Gasteiger partial charge in [-0.1, -0.05) is 55.5 Å². The van der Waals surface area contributed by atoms with Crippen LogP contribution in [0.3, 0.4) is 0 Å². The first kappa shape index (κ1) is 19.0. The highest BCUT2D eigenvalue weighted by Gasteiger charge is 2.19. The minimum atomic E-state index is -0.563. The van der Waals surface area contributed by atoms with Gasteiger partial charge >= 0.3 is 0 Å². The Bertz CT molecular complexity index is 948. The SMILES string of the molecule is CC[C@@H](NC(=O)[C@@H](C)Oc1ccc2ccccc2c1)c1ccc(C)c(C)c1. The number of rotatable bonds is 6. The van der Waals surface area contributed by atoms with Crippen LogP contribution in [0.25, 0.3) is 10.8 Å². The predicted octanol–water partition coefficient (Wildman–Crippen LogP) is 5.49. The Hall–Kier alpha value is -2.81. The number of fused-ring (bicyclic) bond motifs is 1. The van der Waals surface area contributed by atoms with E-state index in [9.17, 15) is 4.79 Å². The predicted molar refractivity (Wildman–Crippen MR) is 111 cm³/mol. The molecule has 3 rings (SSSR count). The van der Waals surface area contributed by atoms with Crippen LogP contribution in [0.15, 0.2) is 60.7 Å². The molecule has 3 aromatic carbocycles. The molecule has 140 valence electrons. The van der Waals surface area contributed by atoms with Crippen LogP contribution in [0, 0.1) is 13.8 Å². The molecule has 0 aliphatic heterocycles. The molecule has 27 heavy (non-hydrogen) atoms. The van der Waals surface area contributed by atoms with Gasteiger partial charge in [0.25, 0.3) is 5.91 Å². The van der Waals surface area contributed by atoms with Crippen molar-refractivity contribution in [2.24, 2.45) is 0 Å². The van der Waals surface area contributed by atoms with E-state index in [1.165, 1.54) is 11.1 Å². The molecule has 3 nitrogen and oxygen atoms in total. The molecule has 1 amide bonds. The van der Waals surface area contributed by atoms with Crippen molar-refractivity contribution in [3.8, 4) is 5.75 Å². The second-order valence-electron chi connectivity index (χ2n) is 7.08. The summed E-state index contributed by atoms with van der Waals surface area (Å²) >= 11 is 0. The topological polar surface area (TPSA) is 38.3 Å². The fourth-order valence-electron chi connectivity index (χ4n) is 3.19. The summed E-state index contributed by atoms with van der Waals surface area (Å²) in [6.07, 6.45) is 0.267. The second kappa shape index (κ2) is 8.26. The van der Waals surface area contributed by atoms with Crippen LogP contribution < -0.4 is 10.1 Å². The van der Waals surface area contributed by atoms with Gasteiger partial charge in [0.05, 0.1) is 6.04 Å². The molecule has 0 saturated heterocycles. The van der Waals surface area contributed by atoms with Crippen LogP contribution in [0.5, 0.6) is 5.75 Å². The highest BCUT2D eigenvalue weighted by Crippen LogP contribution is 2.23. The summed E-state index contributed by atoms with van der Waals surface area (Å²) in [6, 6.07) is 20.3. The number of carbonyl (C=O) groups is 1. The smallest absolute Gasteiger partial charge is 0.261 e. The molecule has 0 fully saturated rings. The summed E-state index contributed by atoms with van der Waals surface area (Å²) in [6.45, 7) is 8.06. The van der Waals surface area contributed by atoms with Gasteiger partial charge in [0.2, 0.25) is 0 Å². The number of carbonyl (C=O) groups excluding carboxylic acids is 1. The van der Waals surface area contributed by atoms with Crippen LogP contribution in [0.2, 0.25) is 0 Å². The molecule has 3 aromatic rings. The molecule has 0 aliphatic rings. The Balaban J connectivity index is 1.68. The monoisotopic (exact) mass is 361 g/mol. The van der Waals surface area contributed by atoms with Crippen molar-refractivity contribution in [3.63, 3.8) is 0 Å². The third-order valence-electron chi connectivity index (χ3n) is 5.06. The van der Waals surface area contributed by atoms with Gasteiger partial charge in [-0.25, -0.2) is 0 Å². The quantitative estimate of drug-likeness (QED) is 0.630. The van der Waals surface area contributed by atoms with Crippen LogP contribution in [0.4, 0.5) is 0 Å². The Morgan fingerprint density at radius 3 is 2.41 bits per heavy atom. The molecule has 0 saturated carbocycles. The molecule has 0 aliphatic carbocycles. The van der Waals surface area contributed by atoms with E-state index in [1.54, 1.807) is 6.92 Å². The first-order valence-electron chi connectivity index (χ1n) is 9.51. The molecular formula is C24H27NO2. The Kier molecular flexibility index (Phi) is 5.80. The van der Waals surface area contributed by atoms with Crippen LogP contribution in [-0.4, -0.2) is 12.0 Å². The highest BCUT2D eigenvalue weighted by molar-refractivity contribution is 5.84. The zero-order chi connectivity index (χ0) is 19.4. The first-order valence-corrected chi connectivity index (χ1v) is 9.51. The lowest BCUT2D eigenvalue weighted by atomic mass is 9.99. The Morgan fingerprint density at radius 1 is 0.963 bits per heavy atom. The average molecular weight is 361 g/mol. The second-order valence-corrected chi connectivity index (χ2v) is 7.08. The van der Waals surface area contributed by atoms with Crippen molar-refractivity contribution in [1.82, 2.24) is 5.32 Å². The van der Waals surface area contributed by atoms with Gasteiger partial charge in [0, 0.05) is 0 Å². The fraction of sp³-hybridized carbons (Fsp3) is 0.292. The summed E-state index contributed by atoms with van der Waals surface area (Å²) in [5.74, 6) is 0.601. The molecule has 3 heteroatoms. The van der Waals surface area contributed by atoms with E-state index in [0.29, 0.717) is 5.75 Å². The molecule has 0 radical (unpaired) electrons. The van der Waals surface area contributed by atoms with Crippen LogP contribution in [0.1, 0.15) is 43.0 Å².